The molecule has 11 heteroatoms. The Kier molecular flexibility index (Phi) is 5.95. The number of sulfonamides is 2. The van der Waals surface area contributed by atoms with Crippen molar-refractivity contribution in [2.24, 2.45) is 7.05 Å². The third-order valence-electron chi connectivity index (χ3n) is 4.98. The van der Waals surface area contributed by atoms with E-state index in [4.69, 9.17) is 0 Å². The lowest BCUT2D eigenvalue weighted by Gasteiger charge is -2.21. The molecule has 0 N–H and O–H groups in total. The summed E-state index contributed by atoms with van der Waals surface area (Å²) in [5.41, 5.74) is 0.315. The van der Waals surface area contributed by atoms with Crippen molar-refractivity contribution in [2.75, 3.05) is 26.2 Å². The molecule has 1 aromatic carbocycles. The SMILES string of the molecule is CC(=O)c1cccc(S(=O)(=O)N2CCCN(S(=O)(=O)c3cn(C)c(C)n3)CC2)c1. The molecule has 1 aliphatic rings. The molecular formula is C18H24N4O5S2. The number of hydrogen-bond donors (Lipinski definition) is 0. The molecule has 0 amide bonds. The van der Waals surface area contributed by atoms with Gasteiger partial charge in [0.1, 0.15) is 5.82 Å². The molecule has 1 saturated heterocycles. The number of imidazole rings is 1. The van der Waals surface area contributed by atoms with E-state index >= 15 is 0 Å². The summed E-state index contributed by atoms with van der Waals surface area (Å²) in [5.74, 6) is 0.355. The summed E-state index contributed by atoms with van der Waals surface area (Å²) in [6.45, 7) is 3.54. The number of benzene rings is 1. The highest BCUT2D eigenvalue weighted by molar-refractivity contribution is 7.89. The van der Waals surface area contributed by atoms with Gasteiger partial charge in [0.2, 0.25) is 10.0 Å². The van der Waals surface area contributed by atoms with Gasteiger partial charge in [0.15, 0.2) is 10.8 Å². The van der Waals surface area contributed by atoms with E-state index in [1.54, 1.807) is 24.6 Å². The van der Waals surface area contributed by atoms with Crippen molar-refractivity contribution in [3.8, 4) is 0 Å². The molecule has 0 spiro atoms. The minimum Gasteiger partial charge on any atom is -0.337 e. The van der Waals surface area contributed by atoms with Crippen LogP contribution < -0.4 is 0 Å². The third kappa shape index (κ3) is 4.27. The van der Waals surface area contributed by atoms with Gasteiger partial charge in [0.25, 0.3) is 10.0 Å². The van der Waals surface area contributed by atoms with Gasteiger partial charge in [-0.3, -0.25) is 4.79 Å². The molecule has 29 heavy (non-hydrogen) atoms. The largest absolute Gasteiger partial charge is 0.337 e. The summed E-state index contributed by atoms with van der Waals surface area (Å²) < 4.78 is 56.0. The third-order valence-corrected chi connectivity index (χ3v) is 8.65. The van der Waals surface area contributed by atoms with E-state index in [1.807, 2.05) is 0 Å². The van der Waals surface area contributed by atoms with Crippen molar-refractivity contribution in [3.05, 3.63) is 41.9 Å². The number of carbonyl (C=O) groups excluding carboxylic acids is 1. The molecule has 0 radical (unpaired) electrons. The summed E-state index contributed by atoms with van der Waals surface area (Å²) in [7, 11) is -5.93. The van der Waals surface area contributed by atoms with E-state index in [-0.39, 0.29) is 41.9 Å². The van der Waals surface area contributed by atoms with Gasteiger partial charge in [-0.15, -0.1) is 0 Å². The van der Waals surface area contributed by atoms with Crippen molar-refractivity contribution < 1.29 is 21.6 Å². The van der Waals surface area contributed by atoms with E-state index in [0.29, 0.717) is 17.8 Å². The standard InChI is InChI=1S/C18H24N4O5S2/c1-14(23)16-6-4-7-17(12-16)28(24,25)21-8-5-9-22(11-10-21)29(26,27)18-13-20(3)15(2)19-18/h4,6-7,12-13H,5,8-11H2,1-3H3. The summed E-state index contributed by atoms with van der Waals surface area (Å²) in [4.78, 5) is 15.7. The summed E-state index contributed by atoms with van der Waals surface area (Å²) >= 11 is 0. The van der Waals surface area contributed by atoms with Gasteiger partial charge in [0, 0.05) is 45.0 Å². The first-order chi connectivity index (χ1) is 13.5. The second kappa shape index (κ2) is 7.98. The minimum absolute atomic E-state index is 0.0255. The molecule has 1 aliphatic heterocycles. The van der Waals surface area contributed by atoms with Gasteiger partial charge in [-0.05, 0) is 32.4 Å². The number of ketones is 1. The van der Waals surface area contributed by atoms with Crippen molar-refractivity contribution in [3.63, 3.8) is 0 Å². The van der Waals surface area contributed by atoms with Crippen LogP contribution in [0.25, 0.3) is 0 Å². The van der Waals surface area contributed by atoms with Gasteiger partial charge in [-0.1, -0.05) is 12.1 Å². The predicted octanol–water partition coefficient (Wildman–Crippen LogP) is 1.02. The average Bonchev–Trinajstić information content (AvgIpc) is 2.88. The molecular weight excluding hydrogens is 416 g/mol. The van der Waals surface area contributed by atoms with Crippen LogP contribution >= 0.6 is 0 Å². The van der Waals surface area contributed by atoms with Crippen molar-refractivity contribution in [2.45, 2.75) is 30.2 Å². The Bertz CT molecular complexity index is 1120. The quantitative estimate of drug-likeness (QED) is 0.642. The number of nitrogens with zero attached hydrogens (tertiary/aromatic N) is 4. The Balaban J connectivity index is 1.82. The number of carbonyl (C=O) groups is 1. The Morgan fingerprint density at radius 2 is 1.62 bits per heavy atom. The van der Waals surface area contributed by atoms with E-state index in [1.165, 1.54) is 39.9 Å². The number of rotatable bonds is 5. The van der Waals surface area contributed by atoms with Crippen molar-refractivity contribution >= 4 is 25.8 Å². The van der Waals surface area contributed by atoms with Gasteiger partial charge in [-0.2, -0.15) is 8.61 Å². The van der Waals surface area contributed by atoms with Crippen LogP contribution in [0.2, 0.25) is 0 Å². The lowest BCUT2D eigenvalue weighted by atomic mass is 10.2. The Labute approximate surface area is 171 Å². The molecule has 1 aromatic heterocycles. The first-order valence-corrected chi connectivity index (χ1v) is 12.0. The molecule has 0 atom stereocenters. The van der Waals surface area contributed by atoms with E-state index in [9.17, 15) is 21.6 Å². The van der Waals surface area contributed by atoms with Crippen LogP contribution in [0.3, 0.4) is 0 Å². The zero-order valence-electron chi connectivity index (χ0n) is 16.6. The summed E-state index contributed by atoms with van der Waals surface area (Å²) in [6.07, 6.45) is 1.81. The average molecular weight is 441 g/mol. The molecule has 9 nitrogen and oxygen atoms in total. The van der Waals surface area contributed by atoms with Crippen molar-refractivity contribution in [1.82, 2.24) is 18.2 Å². The summed E-state index contributed by atoms with van der Waals surface area (Å²) in [6, 6.07) is 5.89. The number of hydrogen-bond acceptors (Lipinski definition) is 6. The fourth-order valence-corrected chi connectivity index (χ4v) is 6.17. The molecule has 0 bridgehead atoms. The highest BCUT2D eigenvalue weighted by Crippen LogP contribution is 2.22. The predicted molar refractivity (Wildman–Crippen MR) is 107 cm³/mol. The van der Waals surface area contributed by atoms with Crippen LogP contribution in [0, 0.1) is 6.92 Å². The van der Waals surface area contributed by atoms with Gasteiger partial charge < -0.3 is 4.57 Å². The van der Waals surface area contributed by atoms with Crippen molar-refractivity contribution in [1.29, 1.82) is 0 Å². The Morgan fingerprint density at radius 1 is 1.00 bits per heavy atom. The first kappa shape index (κ1) is 21.6. The number of aryl methyl sites for hydroxylation is 2. The molecule has 0 saturated carbocycles. The van der Waals surface area contributed by atoms with E-state index in [0.717, 1.165) is 0 Å². The molecule has 0 unspecified atom stereocenters. The van der Waals surface area contributed by atoms with Gasteiger partial charge >= 0.3 is 0 Å². The van der Waals surface area contributed by atoms with Gasteiger partial charge in [-0.25, -0.2) is 21.8 Å². The van der Waals surface area contributed by atoms with E-state index in [2.05, 4.69) is 4.98 Å². The second-order valence-corrected chi connectivity index (χ2v) is 10.8. The highest BCUT2D eigenvalue weighted by atomic mass is 32.2. The molecule has 158 valence electrons. The maximum Gasteiger partial charge on any atom is 0.262 e. The number of Topliss-reactive ketones (excluding diaryl/α,β-unsaturated/α-hetero) is 1. The van der Waals surface area contributed by atoms with Crippen LogP contribution in [-0.2, 0) is 27.1 Å². The maximum absolute atomic E-state index is 13.0. The summed E-state index contributed by atoms with van der Waals surface area (Å²) in [5, 5.41) is -0.0389. The molecule has 3 rings (SSSR count). The smallest absolute Gasteiger partial charge is 0.262 e. The fourth-order valence-electron chi connectivity index (χ4n) is 3.16. The minimum atomic E-state index is -3.84. The van der Waals surface area contributed by atoms with Crippen LogP contribution in [0.4, 0.5) is 0 Å². The van der Waals surface area contributed by atoms with Crippen LogP contribution in [0.1, 0.15) is 29.5 Å². The lowest BCUT2D eigenvalue weighted by molar-refractivity contribution is 0.101. The normalized spacial score (nSPS) is 17.2. The molecule has 0 aliphatic carbocycles. The molecule has 1 fully saturated rings. The molecule has 2 aromatic rings. The Morgan fingerprint density at radius 3 is 2.17 bits per heavy atom. The zero-order chi connectivity index (χ0) is 21.4. The fraction of sp³-hybridized carbons (Fsp3) is 0.444. The van der Waals surface area contributed by atoms with Crippen LogP contribution in [0.15, 0.2) is 40.4 Å². The Hall–Kier alpha value is -2.08. The number of aromatic nitrogens is 2. The van der Waals surface area contributed by atoms with Gasteiger partial charge in [0.05, 0.1) is 4.90 Å². The van der Waals surface area contributed by atoms with E-state index < -0.39 is 20.0 Å². The monoisotopic (exact) mass is 440 g/mol. The maximum atomic E-state index is 13.0. The second-order valence-electron chi connectivity index (χ2n) is 6.98. The zero-order valence-corrected chi connectivity index (χ0v) is 18.2. The van der Waals surface area contributed by atoms with Crippen LogP contribution in [-0.4, -0.2) is 67.0 Å². The highest BCUT2D eigenvalue weighted by Gasteiger charge is 2.33. The molecule has 2 heterocycles. The first-order valence-electron chi connectivity index (χ1n) is 9.15. The topological polar surface area (TPSA) is 110 Å². The van der Waals surface area contributed by atoms with Crippen LogP contribution in [0.5, 0.6) is 0 Å². The lowest BCUT2D eigenvalue weighted by Crippen LogP contribution is -2.37.